The highest BCUT2D eigenvalue weighted by Crippen LogP contribution is 2.28. The van der Waals surface area contributed by atoms with E-state index in [-0.39, 0.29) is 5.82 Å². The lowest BCUT2D eigenvalue weighted by atomic mass is 10.3. The van der Waals surface area contributed by atoms with E-state index in [4.69, 9.17) is 9.47 Å². The van der Waals surface area contributed by atoms with E-state index < -0.39 is 11.9 Å². The number of morpholine rings is 1. The molecule has 1 fully saturated rings. The monoisotopic (exact) mass is 458 g/mol. The van der Waals surface area contributed by atoms with Gasteiger partial charge in [0.1, 0.15) is 24.5 Å². The summed E-state index contributed by atoms with van der Waals surface area (Å²) in [5.74, 6) is 1.51. The smallest absolute Gasteiger partial charge is 0.435 e. The summed E-state index contributed by atoms with van der Waals surface area (Å²) < 4.78 is 52.7. The van der Waals surface area contributed by atoms with E-state index in [9.17, 15) is 13.2 Å². The van der Waals surface area contributed by atoms with Crippen LogP contribution in [0.15, 0.2) is 55.0 Å². The van der Waals surface area contributed by atoms with E-state index in [1.54, 1.807) is 29.1 Å². The molecule has 4 heterocycles. The molecule has 3 aromatic heterocycles. The predicted octanol–water partition coefficient (Wildman–Crippen LogP) is 3.34. The zero-order chi connectivity index (χ0) is 22.8. The summed E-state index contributed by atoms with van der Waals surface area (Å²) >= 11 is 0. The molecule has 0 aliphatic carbocycles. The maximum atomic E-state index is 12.9. The van der Waals surface area contributed by atoms with Gasteiger partial charge in [0, 0.05) is 31.9 Å². The fourth-order valence-electron chi connectivity index (χ4n) is 3.66. The summed E-state index contributed by atoms with van der Waals surface area (Å²) in [6.45, 7) is 4.73. The lowest BCUT2D eigenvalue weighted by Gasteiger charge is -2.26. The molecule has 0 amide bonds. The van der Waals surface area contributed by atoms with Gasteiger partial charge >= 0.3 is 6.18 Å². The number of fused-ring (bicyclic) bond motifs is 1. The molecule has 172 valence electrons. The Bertz CT molecular complexity index is 1250. The Morgan fingerprint density at radius 3 is 2.64 bits per heavy atom. The van der Waals surface area contributed by atoms with Crippen molar-refractivity contribution in [1.29, 1.82) is 0 Å². The van der Waals surface area contributed by atoms with E-state index in [1.807, 2.05) is 18.2 Å². The molecule has 0 spiro atoms. The van der Waals surface area contributed by atoms with Gasteiger partial charge in [-0.05, 0) is 30.3 Å². The fraction of sp³-hybridized carbons (Fsp3) is 0.318. The van der Waals surface area contributed by atoms with Crippen molar-refractivity contribution in [2.75, 3.05) is 39.5 Å². The Balaban J connectivity index is 1.33. The number of benzene rings is 1. The molecule has 1 aromatic carbocycles. The topological polar surface area (TPSA) is 70.2 Å². The number of hydrogen-bond donors (Lipinski definition) is 0. The van der Waals surface area contributed by atoms with Crippen LogP contribution < -0.4 is 4.74 Å². The Labute approximate surface area is 187 Å². The van der Waals surface area contributed by atoms with Gasteiger partial charge in [0.25, 0.3) is 0 Å². The SMILES string of the molecule is FC(F)(F)c1ccn(-c2cccc(-n3cnc4cc(OCCN5CCOCC5)ccc43)n2)n1. The van der Waals surface area contributed by atoms with Gasteiger partial charge in [-0.1, -0.05) is 6.07 Å². The highest BCUT2D eigenvalue weighted by molar-refractivity contribution is 5.78. The Morgan fingerprint density at radius 1 is 1.03 bits per heavy atom. The maximum absolute atomic E-state index is 12.9. The van der Waals surface area contributed by atoms with Crippen molar-refractivity contribution in [3.63, 3.8) is 0 Å². The largest absolute Gasteiger partial charge is 0.492 e. The molecule has 5 rings (SSSR count). The zero-order valence-electron chi connectivity index (χ0n) is 17.6. The van der Waals surface area contributed by atoms with Crippen LogP contribution in [0.1, 0.15) is 5.69 Å². The number of hydrogen-bond acceptors (Lipinski definition) is 6. The van der Waals surface area contributed by atoms with Gasteiger partial charge in [0.2, 0.25) is 0 Å². The maximum Gasteiger partial charge on any atom is 0.435 e. The lowest BCUT2D eigenvalue weighted by Crippen LogP contribution is -2.38. The third-order valence-electron chi connectivity index (χ3n) is 5.38. The van der Waals surface area contributed by atoms with Crippen molar-refractivity contribution in [1.82, 2.24) is 29.2 Å². The fourth-order valence-corrected chi connectivity index (χ4v) is 3.66. The number of halogens is 3. The van der Waals surface area contributed by atoms with Gasteiger partial charge in [-0.25, -0.2) is 14.6 Å². The van der Waals surface area contributed by atoms with Crippen LogP contribution in [-0.2, 0) is 10.9 Å². The average molecular weight is 458 g/mol. The van der Waals surface area contributed by atoms with Crippen LogP contribution in [0.5, 0.6) is 5.75 Å². The van der Waals surface area contributed by atoms with Gasteiger partial charge in [0.15, 0.2) is 11.5 Å². The highest BCUT2D eigenvalue weighted by Gasteiger charge is 2.33. The molecule has 4 aromatic rings. The second-order valence-corrected chi connectivity index (χ2v) is 7.56. The molecule has 11 heteroatoms. The number of nitrogens with zero attached hydrogens (tertiary/aromatic N) is 6. The number of alkyl halides is 3. The van der Waals surface area contributed by atoms with Crippen LogP contribution in [0, 0.1) is 0 Å². The van der Waals surface area contributed by atoms with Gasteiger partial charge in [-0.3, -0.25) is 9.47 Å². The van der Waals surface area contributed by atoms with E-state index in [0.717, 1.165) is 60.4 Å². The second kappa shape index (κ2) is 8.83. The summed E-state index contributed by atoms with van der Waals surface area (Å²) in [7, 11) is 0. The molecule has 33 heavy (non-hydrogen) atoms. The average Bonchev–Trinajstić information content (AvgIpc) is 3.47. The summed E-state index contributed by atoms with van der Waals surface area (Å²) in [6, 6.07) is 11.6. The zero-order valence-corrected chi connectivity index (χ0v) is 17.6. The summed E-state index contributed by atoms with van der Waals surface area (Å²) in [5, 5.41) is 3.59. The van der Waals surface area contributed by atoms with Crippen LogP contribution in [-0.4, -0.2) is 68.7 Å². The number of imidazole rings is 1. The Kier molecular flexibility index (Phi) is 5.73. The summed E-state index contributed by atoms with van der Waals surface area (Å²) in [5.41, 5.74) is 0.560. The minimum absolute atomic E-state index is 0.271. The summed E-state index contributed by atoms with van der Waals surface area (Å²) in [4.78, 5) is 11.2. The van der Waals surface area contributed by atoms with Gasteiger partial charge < -0.3 is 9.47 Å². The number of aromatic nitrogens is 5. The predicted molar refractivity (Wildman–Crippen MR) is 114 cm³/mol. The first-order valence-corrected chi connectivity index (χ1v) is 10.5. The molecule has 0 unspecified atom stereocenters. The molecule has 0 radical (unpaired) electrons. The van der Waals surface area contributed by atoms with Crippen molar-refractivity contribution in [3.8, 4) is 17.4 Å². The van der Waals surface area contributed by atoms with E-state index in [2.05, 4.69) is 20.0 Å². The molecule has 1 aliphatic heterocycles. The van der Waals surface area contributed by atoms with E-state index in [1.165, 1.54) is 6.20 Å². The molecule has 1 saturated heterocycles. The number of ether oxygens (including phenoxy) is 2. The highest BCUT2D eigenvalue weighted by atomic mass is 19.4. The molecule has 0 bridgehead atoms. The van der Waals surface area contributed by atoms with Crippen molar-refractivity contribution in [2.45, 2.75) is 6.18 Å². The van der Waals surface area contributed by atoms with Crippen LogP contribution in [0.3, 0.4) is 0 Å². The van der Waals surface area contributed by atoms with E-state index >= 15 is 0 Å². The quantitative estimate of drug-likeness (QED) is 0.442. The van der Waals surface area contributed by atoms with Gasteiger partial charge in [-0.2, -0.15) is 18.3 Å². The van der Waals surface area contributed by atoms with Crippen LogP contribution in [0.4, 0.5) is 13.2 Å². The first-order valence-electron chi connectivity index (χ1n) is 10.5. The third-order valence-corrected chi connectivity index (χ3v) is 5.38. The number of pyridine rings is 1. The molecule has 8 nitrogen and oxygen atoms in total. The molecule has 1 aliphatic rings. The molecule has 0 atom stereocenters. The lowest BCUT2D eigenvalue weighted by molar-refractivity contribution is -0.141. The first kappa shape index (κ1) is 21.4. The minimum atomic E-state index is -4.51. The molecule has 0 saturated carbocycles. The van der Waals surface area contributed by atoms with Crippen molar-refractivity contribution >= 4 is 11.0 Å². The van der Waals surface area contributed by atoms with Crippen LogP contribution in [0.2, 0.25) is 0 Å². The van der Waals surface area contributed by atoms with Gasteiger partial charge in [0.05, 0.1) is 24.2 Å². The first-order chi connectivity index (χ1) is 16.0. The number of rotatable bonds is 6. The van der Waals surface area contributed by atoms with E-state index in [0.29, 0.717) is 12.4 Å². The molecule has 0 N–H and O–H groups in total. The molecular weight excluding hydrogens is 437 g/mol. The molecular formula is C22H21F3N6O2. The summed E-state index contributed by atoms with van der Waals surface area (Å²) in [6.07, 6.45) is -1.65. The van der Waals surface area contributed by atoms with Crippen molar-refractivity contribution in [3.05, 3.63) is 60.7 Å². The minimum Gasteiger partial charge on any atom is -0.492 e. The normalized spacial score (nSPS) is 15.2. The van der Waals surface area contributed by atoms with Crippen LogP contribution in [0.25, 0.3) is 22.7 Å². The Hall–Kier alpha value is -3.44. The van der Waals surface area contributed by atoms with Crippen molar-refractivity contribution in [2.24, 2.45) is 0 Å². The second-order valence-electron chi connectivity index (χ2n) is 7.56. The standard InChI is InChI=1S/C22H21F3N6O2/c23-22(24,25)19-6-7-31(28-19)21-3-1-2-20(27-21)30-15-26-17-14-16(4-5-18(17)30)33-13-10-29-8-11-32-12-9-29/h1-7,14-15H,8-13H2. The van der Waals surface area contributed by atoms with Gasteiger partial charge in [-0.15, -0.1) is 0 Å². The Morgan fingerprint density at radius 2 is 1.85 bits per heavy atom. The van der Waals surface area contributed by atoms with Crippen LogP contribution >= 0.6 is 0 Å². The van der Waals surface area contributed by atoms with Crippen molar-refractivity contribution < 1.29 is 22.6 Å². The third kappa shape index (κ3) is 4.69.